The minimum atomic E-state index is 0.513. The Morgan fingerprint density at radius 2 is 2.13 bits per heavy atom. The van der Waals surface area contributed by atoms with Crippen molar-refractivity contribution >= 4 is 56.1 Å². The van der Waals surface area contributed by atoms with Crippen LogP contribution in [-0.4, -0.2) is 46.4 Å². The summed E-state index contributed by atoms with van der Waals surface area (Å²) in [5, 5.41) is 4.78. The van der Waals surface area contributed by atoms with Crippen molar-refractivity contribution in [3.05, 3.63) is 40.8 Å². The molecule has 1 fully saturated rings. The second-order valence-corrected chi connectivity index (χ2v) is 8.73. The number of aliphatic imine (C=N–C) groups is 1. The summed E-state index contributed by atoms with van der Waals surface area (Å²) < 4.78 is 0.513. The molecule has 1 aromatic heterocycles. The number of fused-ring (bicyclic) bond motifs is 2. The van der Waals surface area contributed by atoms with E-state index in [1.165, 1.54) is 15.4 Å². The molecule has 1 saturated heterocycles. The fourth-order valence-corrected chi connectivity index (χ4v) is 4.69. The van der Waals surface area contributed by atoms with Gasteiger partial charge in [0.2, 0.25) is 0 Å². The number of rotatable bonds is 0. The fourth-order valence-electron chi connectivity index (χ4n) is 3.01. The molecule has 1 N–H and O–H groups in total. The molecule has 0 aliphatic carbocycles. The van der Waals surface area contributed by atoms with Crippen molar-refractivity contribution in [3.8, 4) is 0 Å². The Hall–Kier alpha value is -1.12. The van der Waals surface area contributed by atoms with Gasteiger partial charge in [-0.05, 0) is 32.2 Å². The van der Waals surface area contributed by atoms with Gasteiger partial charge in [0.1, 0.15) is 10.8 Å². The second kappa shape index (κ2) is 6.07. The predicted molar refractivity (Wildman–Crippen MR) is 107 cm³/mol. The van der Waals surface area contributed by atoms with E-state index in [1.807, 2.05) is 0 Å². The summed E-state index contributed by atoms with van der Waals surface area (Å²) in [6, 6.07) is 10.6. The maximum Gasteiger partial charge on any atom is 0.139 e. The number of halogens is 1. The summed E-state index contributed by atoms with van der Waals surface area (Å²) in [6.45, 7) is 5.26. The van der Waals surface area contributed by atoms with Crippen LogP contribution in [0.15, 0.2) is 35.3 Å². The van der Waals surface area contributed by atoms with Gasteiger partial charge in [-0.3, -0.25) is 4.90 Å². The van der Waals surface area contributed by atoms with E-state index in [-0.39, 0.29) is 0 Å². The van der Waals surface area contributed by atoms with Crippen LogP contribution < -0.4 is 5.32 Å². The quantitative estimate of drug-likeness (QED) is 0.380. The number of anilines is 2. The third-order valence-electron chi connectivity index (χ3n) is 4.35. The van der Waals surface area contributed by atoms with Crippen LogP contribution in [0.25, 0.3) is 0 Å². The minimum Gasteiger partial charge on any atom is -0.352 e. The van der Waals surface area contributed by atoms with Gasteiger partial charge in [0, 0.05) is 24.5 Å². The predicted octanol–water partition coefficient (Wildman–Crippen LogP) is 4.20. The summed E-state index contributed by atoms with van der Waals surface area (Å²) in [6.07, 6.45) is 0. The molecule has 23 heavy (non-hydrogen) atoms. The first-order chi connectivity index (χ1) is 11.1. The van der Waals surface area contributed by atoms with E-state index in [9.17, 15) is 0 Å². The van der Waals surface area contributed by atoms with Gasteiger partial charge in [-0.1, -0.05) is 34.7 Å². The molecule has 2 aromatic rings. The number of alkyl halides is 1. The second-order valence-electron chi connectivity index (χ2n) is 6.04. The van der Waals surface area contributed by atoms with Gasteiger partial charge in [0.05, 0.1) is 21.0 Å². The van der Waals surface area contributed by atoms with Crippen molar-refractivity contribution in [2.75, 3.05) is 32.0 Å². The van der Waals surface area contributed by atoms with Gasteiger partial charge in [0.15, 0.2) is 0 Å². The Morgan fingerprint density at radius 1 is 1.30 bits per heavy atom. The number of amidine groups is 1. The molecular weight excluding hydrogens is 419 g/mol. The summed E-state index contributed by atoms with van der Waals surface area (Å²) >= 11 is 4.33. The largest absolute Gasteiger partial charge is 0.352 e. The molecule has 1 aromatic carbocycles. The molecular formula is C17H19IN4S. The average Bonchev–Trinajstić information content (AvgIpc) is 2.82. The van der Waals surface area contributed by atoms with Crippen molar-refractivity contribution in [3.63, 3.8) is 0 Å². The number of hydrogen-bond donors (Lipinski definition) is 1. The molecule has 6 heteroatoms. The number of nitrogens with zero attached hydrogens (tertiary/aromatic N) is 3. The van der Waals surface area contributed by atoms with Crippen LogP contribution in [-0.2, 0) is 0 Å². The van der Waals surface area contributed by atoms with Crippen LogP contribution in [0, 0.1) is 6.92 Å². The lowest BCUT2D eigenvalue weighted by Crippen LogP contribution is -2.50. The standard InChI is InChI=1S/C17H19IN4S/c1-11-9-12-16(22-8-7-21(2)15(18)10-22)19-13-5-3-4-6-14(13)20-17(12)23-11/h3-6,9,15,20H,7-8,10H2,1-2H3/t15-/m1/s1. The number of likely N-dealkylation sites (N-methyl/N-ethyl adjacent to an activating group) is 1. The Bertz CT molecular complexity index is 770. The van der Waals surface area contributed by atoms with Crippen molar-refractivity contribution in [2.45, 2.75) is 11.0 Å². The van der Waals surface area contributed by atoms with E-state index in [0.29, 0.717) is 4.05 Å². The van der Waals surface area contributed by atoms with E-state index in [0.717, 1.165) is 36.8 Å². The highest BCUT2D eigenvalue weighted by molar-refractivity contribution is 14.1. The molecule has 0 saturated carbocycles. The van der Waals surface area contributed by atoms with Crippen LogP contribution in [0.1, 0.15) is 10.4 Å². The van der Waals surface area contributed by atoms with Gasteiger partial charge in [-0.25, -0.2) is 4.99 Å². The smallest absolute Gasteiger partial charge is 0.139 e. The SMILES string of the molecule is Cc1cc2c(s1)Nc1ccccc1N=C2N1CCN(C)[C@@H](I)C1. The van der Waals surface area contributed by atoms with E-state index < -0.39 is 0 Å². The monoisotopic (exact) mass is 438 g/mol. The van der Waals surface area contributed by atoms with Gasteiger partial charge < -0.3 is 10.2 Å². The van der Waals surface area contributed by atoms with Crippen molar-refractivity contribution in [2.24, 2.45) is 4.99 Å². The molecule has 120 valence electrons. The molecule has 3 heterocycles. The first-order valence-electron chi connectivity index (χ1n) is 7.76. The molecule has 4 nitrogen and oxygen atoms in total. The lowest BCUT2D eigenvalue weighted by atomic mass is 10.2. The van der Waals surface area contributed by atoms with Gasteiger partial charge in [-0.15, -0.1) is 11.3 Å². The summed E-state index contributed by atoms with van der Waals surface area (Å²) in [5.74, 6) is 1.11. The molecule has 0 unspecified atom stereocenters. The lowest BCUT2D eigenvalue weighted by Gasteiger charge is -2.38. The maximum absolute atomic E-state index is 5.04. The highest BCUT2D eigenvalue weighted by Crippen LogP contribution is 2.39. The van der Waals surface area contributed by atoms with E-state index in [4.69, 9.17) is 4.99 Å². The zero-order valence-electron chi connectivity index (χ0n) is 13.2. The zero-order chi connectivity index (χ0) is 16.0. The first-order valence-corrected chi connectivity index (χ1v) is 9.83. The molecule has 1 atom stereocenters. The highest BCUT2D eigenvalue weighted by atomic mass is 127. The van der Waals surface area contributed by atoms with Gasteiger partial charge in [0.25, 0.3) is 0 Å². The number of benzene rings is 1. The Labute approximate surface area is 154 Å². The van der Waals surface area contributed by atoms with E-state index >= 15 is 0 Å². The molecule has 0 amide bonds. The Morgan fingerprint density at radius 3 is 2.96 bits per heavy atom. The number of aryl methyl sites for hydroxylation is 1. The molecule has 0 radical (unpaired) electrons. The third kappa shape index (κ3) is 2.88. The topological polar surface area (TPSA) is 30.9 Å². The maximum atomic E-state index is 5.04. The number of thiophene rings is 1. The van der Waals surface area contributed by atoms with Crippen LogP contribution >= 0.6 is 33.9 Å². The summed E-state index contributed by atoms with van der Waals surface area (Å²) in [4.78, 5) is 11.2. The van der Waals surface area contributed by atoms with E-state index in [2.05, 4.69) is 82.0 Å². The molecule has 0 bridgehead atoms. The molecule has 4 rings (SSSR count). The van der Waals surface area contributed by atoms with Gasteiger partial charge >= 0.3 is 0 Å². The average molecular weight is 438 g/mol. The molecule has 2 aliphatic heterocycles. The van der Waals surface area contributed by atoms with Crippen molar-refractivity contribution in [1.82, 2.24) is 9.80 Å². The van der Waals surface area contributed by atoms with Crippen LogP contribution in [0.2, 0.25) is 0 Å². The summed E-state index contributed by atoms with van der Waals surface area (Å²) in [7, 11) is 2.19. The zero-order valence-corrected chi connectivity index (χ0v) is 16.2. The van der Waals surface area contributed by atoms with Crippen LogP contribution in [0.3, 0.4) is 0 Å². The Balaban J connectivity index is 1.81. The van der Waals surface area contributed by atoms with Crippen LogP contribution in [0.4, 0.5) is 16.4 Å². The lowest BCUT2D eigenvalue weighted by molar-refractivity contribution is 0.204. The first kappa shape index (κ1) is 15.4. The van der Waals surface area contributed by atoms with Gasteiger partial charge in [-0.2, -0.15) is 0 Å². The number of piperazine rings is 1. The van der Waals surface area contributed by atoms with Crippen molar-refractivity contribution in [1.29, 1.82) is 0 Å². The van der Waals surface area contributed by atoms with E-state index in [1.54, 1.807) is 11.3 Å². The van der Waals surface area contributed by atoms with Crippen LogP contribution in [0.5, 0.6) is 0 Å². The fraction of sp³-hybridized carbons (Fsp3) is 0.353. The summed E-state index contributed by atoms with van der Waals surface area (Å²) in [5.41, 5.74) is 3.34. The number of para-hydroxylation sites is 2. The van der Waals surface area contributed by atoms with Crippen molar-refractivity contribution < 1.29 is 0 Å². The normalized spacial score (nSPS) is 21.1. The minimum absolute atomic E-state index is 0.513. The third-order valence-corrected chi connectivity index (χ3v) is 6.66. The molecule has 2 aliphatic rings. The highest BCUT2D eigenvalue weighted by Gasteiger charge is 2.28. The number of nitrogens with one attached hydrogen (secondary N) is 1. The molecule has 0 spiro atoms. The Kier molecular flexibility index (Phi) is 4.07. The number of hydrogen-bond acceptors (Lipinski definition) is 5.